The summed E-state index contributed by atoms with van der Waals surface area (Å²) < 4.78 is 3.77. The van der Waals surface area contributed by atoms with Crippen molar-refractivity contribution in [3.63, 3.8) is 0 Å². The summed E-state index contributed by atoms with van der Waals surface area (Å²) in [6, 6.07) is 23.4. The number of pyridine rings is 4. The molecule has 0 aliphatic carbocycles. The average molecular weight is 503 g/mol. The minimum Gasteiger partial charge on any atom is -0.258 e. The molecule has 6 heterocycles. The first-order valence-electron chi connectivity index (χ1n) is 11.7. The Labute approximate surface area is 219 Å². The molecular weight excluding hydrogens is 480 g/mol. The van der Waals surface area contributed by atoms with Crippen LogP contribution < -0.4 is 0 Å². The van der Waals surface area contributed by atoms with Gasteiger partial charge in [-0.1, -0.05) is 24.3 Å². The Hall–Kier alpha value is -4.63. The predicted molar refractivity (Wildman–Crippen MR) is 145 cm³/mol. The second-order valence-corrected chi connectivity index (χ2v) is 9.12. The molecule has 0 spiro atoms. The van der Waals surface area contributed by atoms with Crippen molar-refractivity contribution in [2.24, 2.45) is 10.2 Å². The lowest BCUT2D eigenvalue weighted by atomic mass is 9.89. The van der Waals surface area contributed by atoms with Gasteiger partial charge >= 0.3 is 0 Å². The van der Waals surface area contributed by atoms with Crippen molar-refractivity contribution in [3.05, 3.63) is 145 Å². The number of aromatic nitrogens is 4. The van der Waals surface area contributed by atoms with Gasteiger partial charge < -0.3 is 0 Å². The highest BCUT2D eigenvalue weighted by Gasteiger charge is 2.49. The Morgan fingerprint density at radius 1 is 0.486 bits per heavy atom. The van der Waals surface area contributed by atoms with Gasteiger partial charge in [0.25, 0.3) is 0 Å². The van der Waals surface area contributed by atoms with Crippen LogP contribution in [0.4, 0.5) is 0 Å². The van der Waals surface area contributed by atoms with E-state index in [0.717, 1.165) is 22.8 Å². The van der Waals surface area contributed by atoms with Crippen molar-refractivity contribution >= 4 is 24.6 Å². The second kappa shape index (κ2) is 9.79. The predicted octanol–water partition coefficient (Wildman–Crippen LogP) is 4.73. The topological polar surface area (TPSA) is 82.8 Å². The molecule has 0 unspecified atom stereocenters. The van der Waals surface area contributed by atoms with Crippen LogP contribution in [0.3, 0.4) is 0 Å². The van der Waals surface area contributed by atoms with Crippen LogP contribution in [-0.2, 0) is 11.1 Å². The summed E-state index contributed by atoms with van der Waals surface area (Å²) >= 11 is 1.34. The first-order chi connectivity index (χ1) is 18.3. The van der Waals surface area contributed by atoms with E-state index in [2.05, 4.69) is 12.2 Å². The number of hydrazone groups is 2. The van der Waals surface area contributed by atoms with Crippen molar-refractivity contribution in [1.82, 2.24) is 28.8 Å². The fourth-order valence-electron chi connectivity index (χ4n) is 4.47. The number of rotatable bonds is 6. The Morgan fingerprint density at radius 3 is 1.14 bits per heavy atom. The molecule has 4 aromatic rings. The minimum absolute atomic E-state index is 0.784. The van der Waals surface area contributed by atoms with E-state index in [1.165, 1.54) is 12.1 Å². The van der Waals surface area contributed by atoms with Gasteiger partial charge in [-0.3, -0.25) is 19.9 Å². The SMILES string of the molecule is C1=CC(c2ccccn2)(c2ccccn2)N(SN2N=CC=CC2(c2ccccn2)c2ccccn2)N=C1. The van der Waals surface area contributed by atoms with Crippen molar-refractivity contribution in [2.75, 3.05) is 0 Å². The van der Waals surface area contributed by atoms with Crippen molar-refractivity contribution in [3.8, 4) is 0 Å². The van der Waals surface area contributed by atoms with Gasteiger partial charge in [-0.15, -0.1) is 0 Å². The zero-order chi connectivity index (χ0) is 25.0. The lowest BCUT2D eigenvalue weighted by Gasteiger charge is -2.45. The van der Waals surface area contributed by atoms with Gasteiger partial charge in [0.1, 0.15) is 12.1 Å². The molecule has 0 aromatic carbocycles. The second-order valence-electron chi connectivity index (χ2n) is 8.27. The molecule has 0 amide bonds. The van der Waals surface area contributed by atoms with Crippen LogP contribution in [-0.4, -0.2) is 41.2 Å². The van der Waals surface area contributed by atoms with Gasteiger partial charge in [-0.2, -0.15) is 19.0 Å². The highest BCUT2D eigenvalue weighted by molar-refractivity contribution is 7.94. The van der Waals surface area contributed by atoms with E-state index in [9.17, 15) is 0 Å². The summed E-state index contributed by atoms with van der Waals surface area (Å²) in [5, 5.41) is 9.61. The molecule has 0 saturated heterocycles. The van der Waals surface area contributed by atoms with Crippen LogP contribution in [0.5, 0.6) is 0 Å². The summed E-state index contributed by atoms with van der Waals surface area (Å²) in [5.41, 5.74) is 1.36. The molecule has 9 heteroatoms. The lowest BCUT2D eigenvalue weighted by molar-refractivity contribution is 0.260. The van der Waals surface area contributed by atoms with Crippen LogP contribution in [0.2, 0.25) is 0 Å². The van der Waals surface area contributed by atoms with Gasteiger partial charge in [0.15, 0.2) is 11.1 Å². The lowest BCUT2D eigenvalue weighted by Crippen LogP contribution is -2.48. The summed E-state index contributed by atoms with van der Waals surface area (Å²) in [7, 11) is 0. The normalized spacial score (nSPS) is 17.2. The zero-order valence-electron chi connectivity index (χ0n) is 19.7. The molecule has 8 nitrogen and oxygen atoms in total. The molecule has 37 heavy (non-hydrogen) atoms. The van der Waals surface area contributed by atoms with Crippen molar-refractivity contribution < 1.29 is 0 Å². The van der Waals surface area contributed by atoms with E-state index in [1.54, 1.807) is 37.2 Å². The van der Waals surface area contributed by atoms with E-state index >= 15 is 0 Å². The van der Waals surface area contributed by atoms with E-state index in [4.69, 9.17) is 30.1 Å². The van der Waals surface area contributed by atoms with Crippen LogP contribution in [0, 0.1) is 0 Å². The number of hydrogen-bond acceptors (Lipinski definition) is 9. The molecule has 0 bridgehead atoms. The highest BCUT2D eigenvalue weighted by atomic mass is 32.2. The Morgan fingerprint density at radius 2 is 0.838 bits per heavy atom. The molecule has 180 valence electrons. The molecule has 0 N–H and O–H groups in total. The van der Waals surface area contributed by atoms with E-state index in [0.29, 0.717) is 0 Å². The van der Waals surface area contributed by atoms with Crippen molar-refractivity contribution in [1.29, 1.82) is 0 Å². The highest BCUT2D eigenvalue weighted by Crippen LogP contribution is 2.48. The van der Waals surface area contributed by atoms with Crippen molar-refractivity contribution in [2.45, 2.75) is 11.1 Å². The summed E-state index contributed by atoms with van der Waals surface area (Å²) in [4.78, 5) is 18.9. The van der Waals surface area contributed by atoms with Crippen LogP contribution in [0.1, 0.15) is 22.8 Å². The monoisotopic (exact) mass is 502 g/mol. The van der Waals surface area contributed by atoms with Gasteiger partial charge in [0, 0.05) is 37.2 Å². The number of hydrogen-bond donors (Lipinski definition) is 0. The maximum Gasteiger partial charge on any atom is 0.173 e. The van der Waals surface area contributed by atoms with E-state index in [-0.39, 0.29) is 0 Å². The maximum absolute atomic E-state index is 4.81. The minimum atomic E-state index is -0.890. The maximum atomic E-state index is 4.81. The third-order valence-corrected chi connectivity index (χ3v) is 7.24. The molecule has 0 fully saturated rings. The Bertz CT molecular complexity index is 1270. The third-order valence-electron chi connectivity index (χ3n) is 6.17. The number of nitrogens with zero attached hydrogens (tertiary/aromatic N) is 8. The molecule has 2 aliphatic rings. The largest absolute Gasteiger partial charge is 0.258 e. The van der Waals surface area contributed by atoms with Gasteiger partial charge in [0.05, 0.1) is 22.8 Å². The molecule has 0 saturated carbocycles. The summed E-state index contributed by atoms with van der Waals surface area (Å²) in [6.45, 7) is 0. The Balaban J connectivity index is 1.51. The quantitative estimate of drug-likeness (QED) is 0.353. The standard InChI is InChI=1S/C28H22N8S/c1-5-17-29-23(11-1)27(24-12-2-6-18-30-24)15-9-21-33-35(27)37-36-28(16-10-22-34-36,25-13-3-7-19-31-25)26-14-4-8-20-32-26/h1-22H. The fraction of sp³-hybridized carbons (Fsp3) is 0.0714. The molecule has 0 radical (unpaired) electrons. The molecule has 2 aliphatic heterocycles. The number of allylic oxidation sites excluding steroid dienone is 2. The van der Waals surface area contributed by atoms with Gasteiger partial charge in [-0.05, 0) is 72.8 Å². The zero-order valence-corrected chi connectivity index (χ0v) is 20.5. The van der Waals surface area contributed by atoms with Crippen LogP contribution in [0.15, 0.2) is 132 Å². The van der Waals surface area contributed by atoms with E-state index in [1.807, 2.05) is 93.8 Å². The van der Waals surface area contributed by atoms with E-state index < -0.39 is 11.1 Å². The summed E-state index contributed by atoms with van der Waals surface area (Å²) in [5.74, 6) is 0. The van der Waals surface area contributed by atoms with Gasteiger partial charge in [0.2, 0.25) is 0 Å². The molecule has 0 atom stereocenters. The molecule has 6 rings (SSSR count). The Kier molecular flexibility index (Phi) is 6.03. The summed E-state index contributed by atoms with van der Waals surface area (Å²) in [6.07, 6.45) is 18.6. The fourth-order valence-corrected chi connectivity index (χ4v) is 5.56. The van der Waals surface area contributed by atoms with Gasteiger partial charge in [-0.25, -0.2) is 0 Å². The third kappa shape index (κ3) is 3.89. The van der Waals surface area contributed by atoms with Crippen LogP contribution >= 0.6 is 12.1 Å². The molecular formula is C28H22N8S. The molecule has 4 aromatic heterocycles. The smallest absolute Gasteiger partial charge is 0.173 e. The average Bonchev–Trinajstić information content (AvgIpc) is 3.00. The first kappa shape index (κ1) is 22.8. The van der Waals surface area contributed by atoms with Crippen LogP contribution in [0.25, 0.3) is 0 Å². The first-order valence-corrected chi connectivity index (χ1v) is 12.5.